The maximum atomic E-state index is 11.8. The third-order valence-electron chi connectivity index (χ3n) is 5.10. The molecule has 0 aromatic heterocycles. The Labute approximate surface area is 197 Å². The average Bonchev–Trinajstić information content (AvgIpc) is 2.69. The van der Waals surface area contributed by atoms with Gasteiger partial charge in [-0.15, -0.1) is 0 Å². The van der Waals surface area contributed by atoms with Crippen molar-refractivity contribution < 1.29 is 39.6 Å². The number of nitrogens with zero attached hydrogens (tertiary/aromatic N) is 1. The fourth-order valence-corrected chi connectivity index (χ4v) is 3.13. The van der Waals surface area contributed by atoms with Gasteiger partial charge < -0.3 is 40.1 Å². The first-order valence-electron chi connectivity index (χ1n) is 11.7. The van der Waals surface area contributed by atoms with Crippen LogP contribution in [0.25, 0.3) is 0 Å². The van der Waals surface area contributed by atoms with Crippen molar-refractivity contribution in [3.8, 4) is 0 Å². The molecule has 0 bridgehead atoms. The summed E-state index contributed by atoms with van der Waals surface area (Å²) in [6.07, 6.45) is 10.8. The lowest BCUT2D eigenvalue weighted by atomic mass is 9.96. The minimum Gasteiger partial charge on any atom is -0.550 e. The van der Waals surface area contributed by atoms with Gasteiger partial charge in [0.05, 0.1) is 12.1 Å². The number of amides is 1. The van der Waals surface area contributed by atoms with Crippen LogP contribution in [0, 0.1) is 0 Å². The number of unbranched alkanes of at least 4 members (excludes halogenated alkanes) is 8. The first-order chi connectivity index (χ1) is 15.4. The molecule has 0 aromatic rings. The van der Waals surface area contributed by atoms with E-state index in [0.717, 1.165) is 12.8 Å². The molecule has 1 amide bonds. The van der Waals surface area contributed by atoms with Gasteiger partial charge in [-0.3, -0.25) is 9.69 Å². The molecule has 0 spiro atoms. The summed E-state index contributed by atoms with van der Waals surface area (Å²) in [6, 6.07) is 0. The Morgan fingerprint density at radius 3 is 1.58 bits per heavy atom. The molecule has 0 aromatic carbocycles. The van der Waals surface area contributed by atoms with Gasteiger partial charge in [-0.2, -0.15) is 0 Å². The predicted octanol–water partition coefficient (Wildman–Crippen LogP) is -0.931. The molecular weight excluding hydrogens is 432 g/mol. The average molecular weight is 474 g/mol. The van der Waals surface area contributed by atoms with Gasteiger partial charge in [-0.05, 0) is 26.9 Å². The predicted molar refractivity (Wildman–Crippen MR) is 117 cm³/mol. The lowest BCUT2D eigenvalue weighted by Gasteiger charge is -2.29. The molecule has 0 rings (SSSR count). The van der Waals surface area contributed by atoms with Gasteiger partial charge in [0.2, 0.25) is 5.91 Å². The van der Waals surface area contributed by atoms with E-state index in [4.69, 9.17) is 5.11 Å². The fraction of sp³-hybridized carbons (Fsp3) is 0.826. The summed E-state index contributed by atoms with van der Waals surface area (Å²) in [5.41, 5.74) is -2.97. The van der Waals surface area contributed by atoms with E-state index >= 15 is 0 Å². The molecule has 1 unspecified atom stereocenters. The van der Waals surface area contributed by atoms with Crippen LogP contribution in [0.2, 0.25) is 0 Å². The summed E-state index contributed by atoms with van der Waals surface area (Å²) in [5, 5.41) is 42.0. The van der Waals surface area contributed by atoms with Crippen molar-refractivity contribution in [3.63, 3.8) is 0 Å². The molecule has 1 atom stereocenters. The normalized spacial score (nSPS) is 11.9. The number of rotatable bonds is 18. The number of carboxylic acid groups (broad SMARTS) is 3. The molecule has 10 nitrogen and oxygen atoms in total. The number of aliphatic carboxylic acids is 3. The van der Waals surface area contributed by atoms with E-state index in [2.05, 4.69) is 24.1 Å². The standard InChI is InChI=1S/C17H36N2O.C6H8O7/c1-5-7-8-9-10-11-12-13-14-15-17(20)18-16(6-2)19(3)4;7-3(8)1-6(13,5(11)12)2-4(9)10/h16H,5-15H2,1-4H3,(H,18,20);13H,1-2H2,(H,7,8)(H,9,10)(H,11,12)/p-3. The van der Waals surface area contributed by atoms with E-state index in [9.17, 15) is 34.5 Å². The Hall–Kier alpha value is -2.20. The minimum atomic E-state index is -2.97. The first-order valence-corrected chi connectivity index (χ1v) is 11.7. The highest BCUT2D eigenvalue weighted by molar-refractivity contribution is 5.86. The van der Waals surface area contributed by atoms with Crippen LogP contribution in [0.15, 0.2) is 0 Å². The second-order valence-electron chi connectivity index (χ2n) is 8.45. The third-order valence-corrected chi connectivity index (χ3v) is 5.10. The number of hydrogen-bond donors (Lipinski definition) is 2. The van der Waals surface area contributed by atoms with E-state index in [-0.39, 0.29) is 12.1 Å². The summed E-state index contributed by atoms with van der Waals surface area (Å²) in [4.78, 5) is 43.8. The largest absolute Gasteiger partial charge is 0.550 e. The van der Waals surface area contributed by atoms with Crippen molar-refractivity contribution in [1.29, 1.82) is 0 Å². The molecule has 0 aliphatic rings. The van der Waals surface area contributed by atoms with E-state index in [0.29, 0.717) is 6.42 Å². The molecule has 0 heterocycles. The lowest BCUT2D eigenvalue weighted by molar-refractivity contribution is -0.339. The summed E-state index contributed by atoms with van der Waals surface area (Å²) < 4.78 is 0. The lowest BCUT2D eigenvalue weighted by Crippen LogP contribution is -2.54. The summed E-state index contributed by atoms with van der Waals surface area (Å²) >= 11 is 0. The van der Waals surface area contributed by atoms with Crippen molar-refractivity contribution in [3.05, 3.63) is 0 Å². The van der Waals surface area contributed by atoms with Crippen molar-refractivity contribution >= 4 is 23.8 Å². The highest BCUT2D eigenvalue weighted by Gasteiger charge is 2.29. The quantitative estimate of drug-likeness (QED) is 0.188. The molecule has 194 valence electrons. The zero-order valence-electron chi connectivity index (χ0n) is 20.5. The Bertz CT molecular complexity index is 565. The van der Waals surface area contributed by atoms with Crippen LogP contribution >= 0.6 is 0 Å². The van der Waals surface area contributed by atoms with Gasteiger partial charge in [0.25, 0.3) is 0 Å². The maximum Gasteiger partial charge on any atom is 0.221 e. The Morgan fingerprint density at radius 2 is 1.24 bits per heavy atom. The fourth-order valence-electron chi connectivity index (χ4n) is 3.13. The molecule has 2 N–H and O–H groups in total. The van der Waals surface area contributed by atoms with Crippen molar-refractivity contribution in [2.75, 3.05) is 14.1 Å². The van der Waals surface area contributed by atoms with Crippen LogP contribution in [0.5, 0.6) is 0 Å². The SMILES string of the molecule is CCCCCCCCCCCC(=O)NC(CC)N(C)C.O=C([O-])CC(O)(CC(=O)[O-])C(=O)[O-]. The molecule has 0 radical (unpaired) electrons. The summed E-state index contributed by atoms with van der Waals surface area (Å²) in [7, 11) is 4.01. The minimum absolute atomic E-state index is 0.182. The topological polar surface area (TPSA) is 173 Å². The first kappa shape index (κ1) is 33.0. The van der Waals surface area contributed by atoms with Gasteiger partial charge in [-0.25, -0.2) is 0 Å². The summed E-state index contributed by atoms with van der Waals surface area (Å²) in [6.45, 7) is 4.36. The number of aliphatic hydroxyl groups is 1. The van der Waals surface area contributed by atoms with Gasteiger partial charge in [0, 0.05) is 31.2 Å². The second-order valence-corrected chi connectivity index (χ2v) is 8.45. The van der Waals surface area contributed by atoms with E-state index in [1.54, 1.807) is 0 Å². The van der Waals surface area contributed by atoms with Crippen LogP contribution in [0.1, 0.15) is 97.3 Å². The molecule has 0 saturated heterocycles. The number of nitrogens with one attached hydrogen (secondary N) is 1. The van der Waals surface area contributed by atoms with Gasteiger partial charge in [-0.1, -0.05) is 65.2 Å². The maximum absolute atomic E-state index is 11.8. The number of hydrogen-bond acceptors (Lipinski definition) is 9. The molecule has 0 saturated carbocycles. The number of carbonyl (C=O) groups excluding carboxylic acids is 4. The van der Waals surface area contributed by atoms with Crippen LogP contribution in [0.4, 0.5) is 0 Å². The Kier molecular flexibility index (Phi) is 19.3. The third kappa shape index (κ3) is 19.0. The summed E-state index contributed by atoms with van der Waals surface area (Å²) in [5.74, 6) is -5.78. The molecular formula is C23H41N2O8-3. The highest BCUT2D eigenvalue weighted by Crippen LogP contribution is 2.13. The number of carboxylic acids is 3. The highest BCUT2D eigenvalue weighted by atomic mass is 16.4. The van der Waals surface area contributed by atoms with Crippen molar-refractivity contribution in [2.45, 2.75) is 109 Å². The van der Waals surface area contributed by atoms with Gasteiger partial charge >= 0.3 is 0 Å². The van der Waals surface area contributed by atoms with Crippen molar-refractivity contribution in [1.82, 2.24) is 10.2 Å². The molecule has 0 fully saturated rings. The van der Waals surface area contributed by atoms with Crippen LogP contribution in [0.3, 0.4) is 0 Å². The van der Waals surface area contributed by atoms with E-state index < -0.39 is 36.4 Å². The second kappa shape index (κ2) is 19.3. The van der Waals surface area contributed by atoms with Gasteiger partial charge in [0.1, 0.15) is 5.60 Å². The zero-order chi connectivity index (χ0) is 25.9. The molecule has 10 heteroatoms. The molecule has 33 heavy (non-hydrogen) atoms. The van der Waals surface area contributed by atoms with Crippen LogP contribution < -0.4 is 20.6 Å². The van der Waals surface area contributed by atoms with Crippen LogP contribution in [-0.2, 0) is 19.2 Å². The Morgan fingerprint density at radius 1 is 0.818 bits per heavy atom. The van der Waals surface area contributed by atoms with E-state index in [1.807, 2.05) is 14.1 Å². The smallest absolute Gasteiger partial charge is 0.221 e. The molecule has 0 aliphatic heterocycles. The number of carbonyl (C=O) groups is 4. The molecule has 0 aliphatic carbocycles. The van der Waals surface area contributed by atoms with E-state index in [1.165, 1.54) is 51.4 Å². The van der Waals surface area contributed by atoms with Crippen molar-refractivity contribution in [2.24, 2.45) is 0 Å². The van der Waals surface area contributed by atoms with Crippen LogP contribution in [-0.4, -0.2) is 59.7 Å². The van der Waals surface area contributed by atoms with Gasteiger partial charge in [0.15, 0.2) is 0 Å². The Balaban J connectivity index is 0. The monoisotopic (exact) mass is 473 g/mol. The zero-order valence-corrected chi connectivity index (χ0v) is 20.5.